The number of thioether (sulfide) groups is 1. The molecule has 1 saturated heterocycles. The molecule has 2 heterocycles. The van der Waals surface area contributed by atoms with Crippen molar-refractivity contribution >= 4 is 39.8 Å². The van der Waals surface area contributed by atoms with Crippen LogP contribution < -0.4 is 5.32 Å². The highest BCUT2D eigenvalue weighted by molar-refractivity contribution is 8.00. The number of oxime groups is 1. The first kappa shape index (κ1) is 20.3. The summed E-state index contributed by atoms with van der Waals surface area (Å²) in [5.41, 5.74) is 0.863. The van der Waals surface area contributed by atoms with Crippen molar-refractivity contribution in [3.05, 3.63) is 40.9 Å². The van der Waals surface area contributed by atoms with Gasteiger partial charge in [0.15, 0.2) is 16.9 Å². The van der Waals surface area contributed by atoms with Crippen LogP contribution in [0.1, 0.15) is 42.7 Å². The van der Waals surface area contributed by atoms with E-state index in [0.29, 0.717) is 28.8 Å². The van der Waals surface area contributed by atoms with Crippen molar-refractivity contribution < 1.29 is 19.5 Å². The normalized spacial score (nSPS) is 20.5. The number of aliphatic hydroxyl groups excluding tert-OH is 1. The third-order valence-electron chi connectivity index (χ3n) is 4.51. The van der Waals surface area contributed by atoms with Gasteiger partial charge in [0.2, 0.25) is 0 Å². The van der Waals surface area contributed by atoms with E-state index in [0.717, 1.165) is 11.7 Å². The van der Waals surface area contributed by atoms with Crippen LogP contribution in [0.15, 0.2) is 40.5 Å². The minimum absolute atomic E-state index is 0.149. The second kappa shape index (κ2) is 9.25. The van der Waals surface area contributed by atoms with E-state index in [9.17, 15) is 9.90 Å². The van der Waals surface area contributed by atoms with Gasteiger partial charge in [-0.15, -0.1) is 11.8 Å². The molecule has 1 unspecified atom stereocenters. The largest absolute Gasteiger partial charge is 0.389 e. The number of aliphatic hydroxyl groups is 1. The highest BCUT2D eigenvalue weighted by Gasteiger charge is 2.24. The van der Waals surface area contributed by atoms with Gasteiger partial charge in [-0.25, -0.2) is 4.98 Å². The van der Waals surface area contributed by atoms with Gasteiger partial charge in [0.25, 0.3) is 5.91 Å². The number of thiazole rings is 1. The van der Waals surface area contributed by atoms with Gasteiger partial charge in [0, 0.05) is 28.3 Å². The van der Waals surface area contributed by atoms with Crippen LogP contribution in [0.4, 0.5) is 5.13 Å². The van der Waals surface area contributed by atoms with E-state index in [-0.39, 0.29) is 11.8 Å². The van der Waals surface area contributed by atoms with Gasteiger partial charge in [-0.05, 0) is 31.9 Å². The summed E-state index contributed by atoms with van der Waals surface area (Å²) in [5, 5.41) is 17.7. The van der Waals surface area contributed by atoms with Crippen LogP contribution in [0, 0.1) is 0 Å². The molecule has 2 aliphatic rings. The lowest BCUT2D eigenvalue weighted by Crippen LogP contribution is -2.25. The molecule has 154 valence electrons. The van der Waals surface area contributed by atoms with Gasteiger partial charge in [-0.3, -0.25) is 10.1 Å². The molecule has 0 bridgehead atoms. The summed E-state index contributed by atoms with van der Waals surface area (Å²) in [6.45, 7) is 2.76. The highest BCUT2D eigenvalue weighted by Crippen LogP contribution is 2.39. The third-order valence-corrected chi connectivity index (χ3v) is 6.94. The molecular weight excluding hydrogens is 410 g/mol. The van der Waals surface area contributed by atoms with E-state index in [1.165, 1.54) is 29.1 Å². The number of nitrogens with zero attached hydrogens (tertiary/aromatic N) is 2. The van der Waals surface area contributed by atoms with Crippen LogP contribution in [0.5, 0.6) is 0 Å². The third kappa shape index (κ3) is 5.57. The van der Waals surface area contributed by atoms with Crippen molar-refractivity contribution in [1.82, 2.24) is 4.98 Å². The molecule has 1 aliphatic carbocycles. The molecule has 1 aliphatic heterocycles. The molecule has 2 N–H and O–H groups in total. The van der Waals surface area contributed by atoms with Crippen molar-refractivity contribution in [3.8, 4) is 0 Å². The number of ether oxygens (including phenoxy) is 1. The first-order valence-electron chi connectivity index (χ1n) is 9.62. The molecule has 0 radical (unpaired) electrons. The second-order valence-electron chi connectivity index (χ2n) is 7.07. The summed E-state index contributed by atoms with van der Waals surface area (Å²) in [4.78, 5) is 24.5. The number of carbonyl (C=O) groups is 1. The maximum absolute atomic E-state index is 12.9. The summed E-state index contributed by atoms with van der Waals surface area (Å²) >= 11 is 3.09. The zero-order valence-electron chi connectivity index (χ0n) is 16.0. The summed E-state index contributed by atoms with van der Waals surface area (Å²) in [5.74, 6) is -0.405. The Morgan fingerprint density at radius 2 is 2.17 bits per heavy atom. The Kier molecular flexibility index (Phi) is 6.49. The molecule has 2 atom stereocenters. The number of carbonyl (C=O) groups excluding carboxylic acids is 1. The Labute approximate surface area is 177 Å². The number of rotatable bonds is 8. The van der Waals surface area contributed by atoms with Crippen LogP contribution in [0.2, 0.25) is 0 Å². The number of hydrogen-bond acceptors (Lipinski definition) is 8. The Bertz CT molecular complexity index is 872. The summed E-state index contributed by atoms with van der Waals surface area (Å²) in [7, 11) is 0. The average molecular weight is 434 g/mol. The smallest absolute Gasteiger partial charge is 0.280 e. The molecule has 29 heavy (non-hydrogen) atoms. The molecule has 1 saturated carbocycles. The first-order chi connectivity index (χ1) is 14.1. The maximum atomic E-state index is 12.9. The minimum Gasteiger partial charge on any atom is -0.389 e. The fourth-order valence-electron chi connectivity index (χ4n) is 2.71. The molecular formula is C20H23N3O4S2. The molecule has 1 aromatic carbocycles. The van der Waals surface area contributed by atoms with Crippen molar-refractivity contribution in [2.75, 3.05) is 18.5 Å². The summed E-state index contributed by atoms with van der Waals surface area (Å²) in [6, 6.07) is 7.80. The van der Waals surface area contributed by atoms with Crippen molar-refractivity contribution in [1.29, 1.82) is 0 Å². The topological polar surface area (TPSA) is 93.0 Å². The molecule has 0 spiro atoms. The Morgan fingerprint density at radius 3 is 2.79 bits per heavy atom. The summed E-state index contributed by atoms with van der Waals surface area (Å²) < 4.78 is 5.31. The quantitative estimate of drug-likeness (QED) is 0.488. The van der Waals surface area contributed by atoms with Gasteiger partial charge in [-0.1, -0.05) is 28.6 Å². The molecule has 9 heteroatoms. The molecule has 7 nitrogen and oxygen atoms in total. The monoisotopic (exact) mass is 433 g/mol. The fraction of sp³-hybridized carbons (Fsp3) is 0.450. The zero-order chi connectivity index (χ0) is 20.2. The lowest BCUT2D eigenvalue weighted by Gasteiger charge is -2.10. The van der Waals surface area contributed by atoms with E-state index in [2.05, 4.69) is 15.5 Å². The second-order valence-corrected chi connectivity index (χ2v) is 9.51. The fourth-order valence-corrected chi connectivity index (χ4v) is 4.51. The Morgan fingerprint density at radius 1 is 1.38 bits per heavy atom. The predicted octanol–water partition coefficient (Wildman–Crippen LogP) is 3.60. The van der Waals surface area contributed by atoms with Crippen molar-refractivity contribution in [3.63, 3.8) is 0 Å². The SMILES string of the molecule is CC(O)c1cnc(NC(=O)/C(=N/O[C@@H]2CCOC2)c2ccc(SC3CC3)cc2)s1. The minimum atomic E-state index is -0.631. The number of amides is 1. The number of aromatic nitrogens is 1. The van der Waals surface area contributed by atoms with Gasteiger partial charge in [0.1, 0.15) is 0 Å². The lowest BCUT2D eigenvalue weighted by atomic mass is 10.1. The predicted molar refractivity (Wildman–Crippen MR) is 114 cm³/mol. The number of benzene rings is 1. The van der Waals surface area contributed by atoms with Crippen LogP contribution in [-0.2, 0) is 14.4 Å². The van der Waals surface area contributed by atoms with Crippen molar-refractivity contribution in [2.24, 2.45) is 5.16 Å². The zero-order valence-corrected chi connectivity index (χ0v) is 17.7. The van der Waals surface area contributed by atoms with Crippen LogP contribution >= 0.6 is 23.1 Å². The van der Waals surface area contributed by atoms with E-state index in [1.807, 2.05) is 36.0 Å². The van der Waals surface area contributed by atoms with Gasteiger partial charge in [-0.2, -0.15) is 0 Å². The Balaban J connectivity index is 1.51. The van der Waals surface area contributed by atoms with Gasteiger partial charge in [0.05, 0.1) is 24.2 Å². The van der Waals surface area contributed by atoms with Gasteiger partial charge >= 0.3 is 0 Å². The standard InChI is InChI=1S/C20H23N3O4S2/c1-12(24)17-10-21-20(29-17)22-19(25)18(23-27-14-8-9-26-11-14)13-2-4-15(5-3-13)28-16-6-7-16/h2-5,10,12,14,16,24H,6-9,11H2,1H3,(H,21,22,25)/b23-18+/t12?,14-/m1/s1. The number of nitrogens with one attached hydrogen (secondary N) is 1. The van der Waals surface area contributed by atoms with E-state index >= 15 is 0 Å². The molecule has 2 fully saturated rings. The first-order valence-corrected chi connectivity index (χ1v) is 11.3. The maximum Gasteiger partial charge on any atom is 0.280 e. The molecule has 1 amide bonds. The summed E-state index contributed by atoms with van der Waals surface area (Å²) in [6.07, 6.45) is 4.05. The number of anilines is 1. The van der Waals surface area contributed by atoms with Crippen LogP contribution in [0.25, 0.3) is 0 Å². The van der Waals surface area contributed by atoms with Gasteiger partial charge < -0.3 is 14.7 Å². The van der Waals surface area contributed by atoms with Crippen molar-refractivity contribution in [2.45, 2.75) is 48.5 Å². The molecule has 1 aromatic heterocycles. The van der Waals surface area contributed by atoms with E-state index in [4.69, 9.17) is 9.57 Å². The van der Waals surface area contributed by atoms with E-state index < -0.39 is 12.0 Å². The van der Waals surface area contributed by atoms with Crippen LogP contribution in [0.3, 0.4) is 0 Å². The van der Waals surface area contributed by atoms with Crippen LogP contribution in [-0.4, -0.2) is 46.3 Å². The highest BCUT2D eigenvalue weighted by atomic mass is 32.2. The van der Waals surface area contributed by atoms with E-state index in [1.54, 1.807) is 13.1 Å². The lowest BCUT2D eigenvalue weighted by molar-refractivity contribution is -0.110. The molecule has 2 aromatic rings. The number of hydrogen-bond donors (Lipinski definition) is 2. The molecule has 4 rings (SSSR count). The Hall–Kier alpha value is -1.94. The average Bonchev–Trinajstić information content (AvgIpc) is 3.17.